The third-order valence-corrected chi connectivity index (χ3v) is 7.88. The fourth-order valence-electron chi connectivity index (χ4n) is 5.36. The van der Waals surface area contributed by atoms with Crippen molar-refractivity contribution in [3.8, 4) is 0 Å². The monoisotopic (exact) mass is 575 g/mol. The molecule has 1 amide bonds. The van der Waals surface area contributed by atoms with Crippen molar-refractivity contribution in [2.45, 2.75) is 63.4 Å². The summed E-state index contributed by atoms with van der Waals surface area (Å²) < 4.78 is 0. The summed E-state index contributed by atoms with van der Waals surface area (Å²) in [5, 5.41) is 21.0. The van der Waals surface area contributed by atoms with E-state index in [1.165, 1.54) is 49.1 Å². The molecule has 214 valence electrons. The zero-order valence-corrected chi connectivity index (χ0v) is 23.7. The maximum absolute atomic E-state index is 13.8. The second kappa shape index (κ2) is 13.7. The van der Waals surface area contributed by atoms with E-state index in [2.05, 4.69) is 17.4 Å². The molecule has 0 saturated heterocycles. The number of aliphatic hydroxyl groups excluding tert-OH is 1. The summed E-state index contributed by atoms with van der Waals surface area (Å²) in [4.78, 5) is 50.4. The molecule has 3 N–H and O–H groups in total. The molecule has 0 aromatic heterocycles. The van der Waals surface area contributed by atoms with E-state index in [9.17, 15) is 24.3 Å². The second-order valence-electron chi connectivity index (χ2n) is 10.7. The maximum atomic E-state index is 13.8. The Bertz CT molecular complexity index is 1390. The molecule has 0 heterocycles. The lowest BCUT2D eigenvalue weighted by molar-refractivity contribution is -0.146. The number of carboxylic acid groups (broad SMARTS) is 1. The Kier molecular flexibility index (Phi) is 10.1. The molecule has 41 heavy (non-hydrogen) atoms. The number of aliphatic carboxylic acids is 1. The van der Waals surface area contributed by atoms with Gasteiger partial charge in [0.05, 0.1) is 12.5 Å². The van der Waals surface area contributed by atoms with Crippen molar-refractivity contribution in [3.63, 3.8) is 0 Å². The number of hydrogen-bond donors (Lipinski definition) is 3. The summed E-state index contributed by atoms with van der Waals surface area (Å²) >= 11 is 6.20. The Morgan fingerprint density at radius 2 is 1.51 bits per heavy atom. The summed E-state index contributed by atoms with van der Waals surface area (Å²) in [5.41, 5.74) is 3.83. The summed E-state index contributed by atoms with van der Waals surface area (Å²) in [6.45, 7) is 1.41. The van der Waals surface area contributed by atoms with Crippen molar-refractivity contribution in [3.05, 3.63) is 105 Å². The minimum absolute atomic E-state index is 0.0449. The van der Waals surface area contributed by atoms with Crippen LogP contribution in [0, 0.1) is 6.92 Å². The van der Waals surface area contributed by atoms with Gasteiger partial charge >= 0.3 is 5.97 Å². The molecule has 0 bridgehead atoms. The normalized spacial score (nSPS) is 15.1. The van der Waals surface area contributed by atoms with Crippen molar-refractivity contribution in [2.75, 3.05) is 6.54 Å². The number of ketones is 2. The van der Waals surface area contributed by atoms with Gasteiger partial charge in [0.25, 0.3) is 5.91 Å². The van der Waals surface area contributed by atoms with Crippen LogP contribution < -0.4 is 5.32 Å². The quantitative estimate of drug-likeness (QED) is 0.237. The molecule has 7 nitrogen and oxygen atoms in total. The van der Waals surface area contributed by atoms with Crippen LogP contribution in [0.1, 0.15) is 98.1 Å². The predicted octanol–water partition coefficient (Wildman–Crippen LogP) is 6.11. The summed E-state index contributed by atoms with van der Waals surface area (Å²) in [6.07, 6.45) is 4.25. The molecule has 4 rings (SSSR count). The van der Waals surface area contributed by atoms with Gasteiger partial charge in [0.15, 0.2) is 17.7 Å². The first-order valence-corrected chi connectivity index (χ1v) is 14.2. The first-order chi connectivity index (χ1) is 19.6. The smallest absolute Gasteiger partial charge is 0.334 e. The average Bonchev–Trinajstić information content (AvgIpc) is 2.98. The predicted molar refractivity (Wildman–Crippen MR) is 157 cm³/mol. The van der Waals surface area contributed by atoms with Gasteiger partial charge in [-0.3, -0.25) is 14.4 Å². The number of carbonyl (C=O) groups excluding carboxylic acids is 3. The number of carbonyl (C=O) groups is 4. The lowest BCUT2D eigenvalue weighted by atomic mass is 9.81. The van der Waals surface area contributed by atoms with E-state index in [0.717, 1.165) is 24.0 Å². The zero-order chi connectivity index (χ0) is 29.5. The molecule has 0 aliphatic heterocycles. The number of carboxylic acids is 1. The maximum Gasteiger partial charge on any atom is 0.334 e. The first kappa shape index (κ1) is 30.2. The fraction of sp³-hybridized carbons (Fsp3) is 0.333. The topological polar surface area (TPSA) is 121 Å². The van der Waals surface area contributed by atoms with E-state index in [1.54, 1.807) is 18.2 Å². The standard InChI is InChI=1S/C33H34ClNO6/c1-20-15-26(17-27(34)16-20)29(36)18-28(23-9-7-22(8-10-23)21-5-3-2-4-6-21)31(38)24-11-13-25(14-12-24)32(39)35-19-30(37)33(40)41/h7-17,21,28,30,37H,2-6,18-19H2,1H3,(H,35,39)(H,40,41). The number of aliphatic hydroxyl groups is 1. The number of rotatable bonds is 11. The Labute approximate surface area is 244 Å². The van der Waals surface area contributed by atoms with Crippen molar-refractivity contribution in [1.29, 1.82) is 0 Å². The number of halogens is 1. The van der Waals surface area contributed by atoms with Crippen LogP contribution >= 0.6 is 11.6 Å². The fourth-order valence-corrected chi connectivity index (χ4v) is 5.65. The molecule has 1 fully saturated rings. The molecule has 1 aliphatic carbocycles. The number of benzene rings is 3. The largest absolute Gasteiger partial charge is 0.479 e. The highest BCUT2D eigenvalue weighted by atomic mass is 35.5. The van der Waals surface area contributed by atoms with Gasteiger partial charge in [-0.2, -0.15) is 0 Å². The van der Waals surface area contributed by atoms with Crippen molar-refractivity contribution >= 4 is 35.0 Å². The molecular weight excluding hydrogens is 542 g/mol. The minimum Gasteiger partial charge on any atom is -0.479 e. The van der Waals surface area contributed by atoms with Gasteiger partial charge in [0.1, 0.15) is 0 Å². The molecule has 3 aromatic rings. The van der Waals surface area contributed by atoms with Gasteiger partial charge in [0, 0.05) is 28.1 Å². The number of aryl methyl sites for hydroxylation is 1. The van der Waals surface area contributed by atoms with E-state index >= 15 is 0 Å². The summed E-state index contributed by atoms with van der Waals surface area (Å²) in [7, 11) is 0. The molecule has 0 spiro atoms. The molecule has 2 unspecified atom stereocenters. The van der Waals surface area contributed by atoms with Gasteiger partial charge in [-0.1, -0.05) is 67.3 Å². The highest BCUT2D eigenvalue weighted by Gasteiger charge is 2.27. The van der Waals surface area contributed by atoms with Crippen molar-refractivity contribution in [1.82, 2.24) is 5.32 Å². The Hall–Kier alpha value is -3.81. The third kappa shape index (κ3) is 7.90. The molecule has 2 atom stereocenters. The van der Waals surface area contributed by atoms with Gasteiger partial charge in [0.2, 0.25) is 0 Å². The molecule has 0 radical (unpaired) electrons. The summed E-state index contributed by atoms with van der Waals surface area (Å²) in [5.74, 6) is -2.70. The highest BCUT2D eigenvalue weighted by molar-refractivity contribution is 6.31. The Morgan fingerprint density at radius 1 is 0.878 bits per heavy atom. The van der Waals surface area contributed by atoms with E-state index in [4.69, 9.17) is 16.7 Å². The molecule has 3 aromatic carbocycles. The lowest BCUT2D eigenvalue weighted by Crippen LogP contribution is -2.36. The van der Waals surface area contributed by atoms with Gasteiger partial charge < -0.3 is 15.5 Å². The molecule has 1 saturated carbocycles. The number of hydrogen-bond acceptors (Lipinski definition) is 5. The van der Waals surface area contributed by atoms with E-state index in [0.29, 0.717) is 22.1 Å². The third-order valence-electron chi connectivity index (χ3n) is 7.66. The van der Waals surface area contributed by atoms with Crippen LogP contribution in [0.5, 0.6) is 0 Å². The molecule has 1 aliphatic rings. The van der Waals surface area contributed by atoms with Gasteiger partial charge in [-0.05, 0) is 72.7 Å². The van der Waals surface area contributed by atoms with Crippen molar-refractivity contribution < 1.29 is 29.4 Å². The molecular formula is C33H34ClNO6. The van der Waals surface area contributed by atoms with Crippen LogP contribution in [0.2, 0.25) is 5.02 Å². The van der Waals surface area contributed by atoms with E-state index < -0.39 is 30.4 Å². The first-order valence-electron chi connectivity index (χ1n) is 13.9. The van der Waals surface area contributed by atoms with Crippen LogP contribution in [0.15, 0.2) is 66.7 Å². The Balaban J connectivity index is 1.57. The highest BCUT2D eigenvalue weighted by Crippen LogP contribution is 2.34. The SMILES string of the molecule is Cc1cc(Cl)cc(C(=O)CC(C(=O)c2ccc(C(=O)NCC(O)C(=O)O)cc2)c2ccc(C3CCCCC3)cc2)c1. The van der Waals surface area contributed by atoms with Crippen LogP contribution in [-0.2, 0) is 4.79 Å². The number of nitrogens with one attached hydrogen (secondary N) is 1. The number of amides is 1. The Morgan fingerprint density at radius 3 is 2.12 bits per heavy atom. The average molecular weight is 576 g/mol. The minimum atomic E-state index is -1.72. The molecule has 8 heteroatoms. The summed E-state index contributed by atoms with van der Waals surface area (Å²) in [6, 6.07) is 19.1. The zero-order valence-electron chi connectivity index (χ0n) is 22.9. The van der Waals surface area contributed by atoms with Crippen LogP contribution in [0.3, 0.4) is 0 Å². The second-order valence-corrected chi connectivity index (χ2v) is 11.1. The van der Waals surface area contributed by atoms with Crippen molar-refractivity contribution in [2.24, 2.45) is 0 Å². The number of Topliss-reactive ketones (excluding diaryl/α,β-unsaturated/α-hetero) is 2. The van der Waals surface area contributed by atoms with Crippen LogP contribution in [0.4, 0.5) is 0 Å². The van der Waals surface area contributed by atoms with Gasteiger partial charge in [-0.25, -0.2) is 4.79 Å². The van der Waals surface area contributed by atoms with E-state index in [1.807, 2.05) is 19.1 Å². The van der Waals surface area contributed by atoms with Gasteiger partial charge in [-0.15, -0.1) is 0 Å². The van der Waals surface area contributed by atoms with E-state index in [-0.39, 0.29) is 23.6 Å². The van der Waals surface area contributed by atoms with Crippen LogP contribution in [0.25, 0.3) is 0 Å². The van der Waals surface area contributed by atoms with Crippen LogP contribution in [-0.4, -0.2) is 46.3 Å². The lowest BCUT2D eigenvalue weighted by Gasteiger charge is -2.23.